The lowest BCUT2D eigenvalue weighted by atomic mass is 9.77. The van der Waals surface area contributed by atoms with Crippen LogP contribution >= 0.6 is 0 Å². The quantitative estimate of drug-likeness (QED) is 0.148. The third kappa shape index (κ3) is 8.91. The molecular formula is C41H54N2O. The molecule has 44 heavy (non-hydrogen) atoms. The molecule has 0 saturated heterocycles. The van der Waals surface area contributed by atoms with Crippen LogP contribution < -0.4 is 15.0 Å². The fourth-order valence-electron chi connectivity index (χ4n) is 6.24. The second kappa shape index (κ2) is 16.9. The minimum Gasteiger partial charge on any atom is -0.489 e. The molecule has 1 atom stereocenters. The lowest BCUT2D eigenvalue weighted by Crippen LogP contribution is -2.33. The minimum absolute atomic E-state index is 0.0780. The summed E-state index contributed by atoms with van der Waals surface area (Å²) in [6, 6.07) is 37.0. The normalized spacial score (nSPS) is 14.8. The Bertz CT molecular complexity index is 1360. The van der Waals surface area contributed by atoms with Crippen LogP contribution in [0.25, 0.3) is 0 Å². The summed E-state index contributed by atoms with van der Waals surface area (Å²) in [6.45, 7) is 13.9. The molecule has 4 aromatic rings. The van der Waals surface area contributed by atoms with Gasteiger partial charge in [-0.1, -0.05) is 146 Å². The van der Waals surface area contributed by atoms with E-state index in [1.807, 2.05) is 6.07 Å². The Hall–Kier alpha value is -3.72. The number of unbranched alkanes of at least 4 members (excludes halogenated alkanes) is 5. The van der Waals surface area contributed by atoms with Gasteiger partial charge in [0, 0.05) is 29.9 Å². The predicted octanol–water partition coefficient (Wildman–Crippen LogP) is 11.5. The summed E-state index contributed by atoms with van der Waals surface area (Å²) in [4.78, 5) is 2.57. The number of nitrogens with one attached hydrogen (secondary N) is 1. The Labute approximate surface area is 267 Å². The van der Waals surface area contributed by atoms with E-state index in [-0.39, 0.29) is 11.5 Å². The van der Waals surface area contributed by atoms with Crippen molar-refractivity contribution in [1.29, 1.82) is 0 Å². The first-order chi connectivity index (χ1) is 21.5. The van der Waals surface area contributed by atoms with E-state index in [1.54, 1.807) is 0 Å². The Morgan fingerprint density at radius 1 is 0.682 bits per heavy atom. The molecule has 0 fully saturated rings. The lowest BCUT2D eigenvalue weighted by molar-refractivity contribution is 0.305. The maximum absolute atomic E-state index is 6.23. The summed E-state index contributed by atoms with van der Waals surface area (Å²) >= 11 is 0. The van der Waals surface area contributed by atoms with Crippen LogP contribution in [0.3, 0.4) is 0 Å². The topological polar surface area (TPSA) is 24.5 Å². The molecular weight excluding hydrogens is 536 g/mol. The first-order valence-electron chi connectivity index (χ1n) is 16.9. The Morgan fingerprint density at radius 2 is 1.32 bits per heavy atom. The molecule has 0 aromatic heterocycles. The second-order valence-corrected chi connectivity index (χ2v) is 12.7. The summed E-state index contributed by atoms with van der Waals surface area (Å²) < 4.78 is 6.23. The van der Waals surface area contributed by atoms with E-state index in [9.17, 15) is 0 Å². The smallest absolute Gasteiger partial charge is 0.120 e. The third-order valence-electron chi connectivity index (χ3n) is 8.67. The molecule has 1 heterocycles. The summed E-state index contributed by atoms with van der Waals surface area (Å²) in [5, 5.41) is 3.48. The predicted molar refractivity (Wildman–Crippen MR) is 190 cm³/mol. The molecule has 1 unspecified atom stereocenters. The van der Waals surface area contributed by atoms with Crippen molar-refractivity contribution in [2.24, 2.45) is 0 Å². The minimum atomic E-state index is -0.0780. The van der Waals surface area contributed by atoms with Crippen LogP contribution in [0.1, 0.15) is 108 Å². The van der Waals surface area contributed by atoms with Gasteiger partial charge in [0.1, 0.15) is 12.4 Å². The zero-order valence-electron chi connectivity index (χ0n) is 27.8. The van der Waals surface area contributed by atoms with Gasteiger partial charge < -0.3 is 15.0 Å². The van der Waals surface area contributed by atoms with E-state index in [0.717, 1.165) is 25.3 Å². The van der Waals surface area contributed by atoms with E-state index >= 15 is 0 Å². The third-order valence-corrected chi connectivity index (χ3v) is 8.67. The maximum Gasteiger partial charge on any atom is 0.120 e. The van der Waals surface area contributed by atoms with Gasteiger partial charge in [-0.2, -0.15) is 0 Å². The molecule has 1 aliphatic rings. The molecule has 1 N–H and O–H groups in total. The summed E-state index contributed by atoms with van der Waals surface area (Å²) in [6.07, 6.45) is 9.61. The van der Waals surface area contributed by atoms with Gasteiger partial charge in [-0.3, -0.25) is 0 Å². The van der Waals surface area contributed by atoms with Gasteiger partial charge >= 0.3 is 0 Å². The van der Waals surface area contributed by atoms with E-state index in [0.29, 0.717) is 6.61 Å². The van der Waals surface area contributed by atoms with E-state index in [1.165, 1.54) is 72.2 Å². The van der Waals surface area contributed by atoms with Crippen molar-refractivity contribution in [2.75, 3.05) is 16.8 Å². The van der Waals surface area contributed by atoms with Gasteiger partial charge in [0.15, 0.2) is 0 Å². The SMILES string of the molecule is CCCCCCCC.CCCNc1ccc(CN2c3ccc(OCc4ccccc4)cc3C(C)(C)C2c2ccccc2)cc1. The molecule has 0 spiro atoms. The molecule has 0 aliphatic carbocycles. The molecule has 0 amide bonds. The monoisotopic (exact) mass is 590 g/mol. The molecule has 0 bridgehead atoms. The van der Waals surface area contributed by atoms with Gasteiger partial charge in [-0.25, -0.2) is 0 Å². The molecule has 0 saturated carbocycles. The summed E-state index contributed by atoms with van der Waals surface area (Å²) in [5.41, 5.74) is 7.56. The highest BCUT2D eigenvalue weighted by atomic mass is 16.5. The van der Waals surface area contributed by atoms with Crippen LogP contribution in [0.4, 0.5) is 11.4 Å². The first kappa shape index (κ1) is 33.2. The largest absolute Gasteiger partial charge is 0.489 e. The molecule has 5 rings (SSSR count). The van der Waals surface area contributed by atoms with Crippen molar-refractivity contribution in [3.05, 3.63) is 125 Å². The number of hydrogen-bond donors (Lipinski definition) is 1. The van der Waals surface area contributed by atoms with Crippen LogP contribution in [0, 0.1) is 0 Å². The molecule has 1 aliphatic heterocycles. The highest BCUT2D eigenvalue weighted by Crippen LogP contribution is 2.54. The summed E-state index contributed by atoms with van der Waals surface area (Å²) in [5.74, 6) is 0.922. The van der Waals surface area contributed by atoms with Gasteiger partial charge in [0.25, 0.3) is 0 Å². The van der Waals surface area contributed by atoms with Crippen molar-refractivity contribution >= 4 is 11.4 Å². The van der Waals surface area contributed by atoms with E-state index in [2.05, 4.69) is 142 Å². The van der Waals surface area contributed by atoms with Crippen molar-refractivity contribution in [2.45, 2.75) is 104 Å². The number of hydrogen-bond acceptors (Lipinski definition) is 3. The Kier molecular flexibility index (Phi) is 12.8. The fourth-order valence-corrected chi connectivity index (χ4v) is 6.24. The standard InChI is InChI=1S/C33H36N2O.C8H18/c1-4-21-34-28-17-15-25(16-18-28)23-35-31-20-19-29(36-24-26-11-7-5-8-12-26)22-30(31)33(2,3)32(35)27-13-9-6-10-14-27;1-3-5-7-8-6-4-2/h5-20,22,32,34H,4,21,23-24H2,1-3H3;3-8H2,1-2H3. The zero-order chi connectivity index (χ0) is 31.2. The van der Waals surface area contributed by atoms with Crippen molar-refractivity contribution in [3.63, 3.8) is 0 Å². The molecule has 4 aromatic carbocycles. The van der Waals surface area contributed by atoms with Crippen LogP contribution in [-0.4, -0.2) is 6.54 Å². The van der Waals surface area contributed by atoms with Crippen molar-refractivity contribution in [1.82, 2.24) is 0 Å². The highest BCUT2D eigenvalue weighted by Gasteiger charge is 2.45. The average molecular weight is 591 g/mol. The van der Waals surface area contributed by atoms with Gasteiger partial charge in [0.05, 0.1) is 6.04 Å². The van der Waals surface area contributed by atoms with Gasteiger partial charge in [-0.05, 0) is 59.0 Å². The Morgan fingerprint density at radius 3 is 1.93 bits per heavy atom. The second-order valence-electron chi connectivity index (χ2n) is 12.7. The lowest BCUT2D eigenvalue weighted by Gasteiger charge is -2.35. The van der Waals surface area contributed by atoms with E-state index < -0.39 is 0 Å². The van der Waals surface area contributed by atoms with Crippen LogP contribution in [0.2, 0.25) is 0 Å². The molecule has 3 nitrogen and oxygen atoms in total. The van der Waals surface area contributed by atoms with Gasteiger partial charge in [-0.15, -0.1) is 0 Å². The fraction of sp³-hybridized carbons (Fsp3) is 0.415. The zero-order valence-corrected chi connectivity index (χ0v) is 27.8. The molecule has 0 radical (unpaired) electrons. The van der Waals surface area contributed by atoms with Crippen molar-refractivity contribution < 1.29 is 4.74 Å². The number of anilines is 2. The highest BCUT2D eigenvalue weighted by molar-refractivity contribution is 5.67. The van der Waals surface area contributed by atoms with Crippen LogP contribution in [0.15, 0.2) is 103 Å². The molecule has 234 valence electrons. The van der Waals surface area contributed by atoms with Crippen LogP contribution in [-0.2, 0) is 18.6 Å². The number of fused-ring (bicyclic) bond motifs is 1. The van der Waals surface area contributed by atoms with Gasteiger partial charge in [0.2, 0.25) is 0 Å². The average Bonchev–Trinajstić information content (AvgIpc) is 3.28. The maximum atomic E-state index is 6.23. The number of rotatable bonds is 14. The first-order valence-corrected chi connectivity index (χ1v) is 16.9. The molecule has 3 heteroatoms. The number of benzene rings is 4. The number of ether oxygens (including phenoxy) is 1. The Balaban J connectivity index is 0.000000488. The summed E-state index contributed by atoms with van der Waals surface area (Å²) in [7, 11) is 0. The number of nitrogens with zero attached hydrogens (tertiary/aromatic N) is 1. The van der Waals surface area contributed by atoms with E-state index in [4.69, 9.17) is 4.74 Å². The van der Waals surface area contributed by atoms with Crippen molar-refractivity contribution in [3.8, 4) is 5.75 Å². The van der Waals surface area contributed by atoms with Crippen LogP contribution in [0.5, 0.6) is 5.75 Å².